The van der Waals surface area contributed by atoms with E-state index in [4.69, 9.17) is 5.11 Å². The van der Waals surface area contributed by atoms with Crippen molar-refractivity contribution in [2.45, 2.75) is 13.5 Å². The normalized spacial score (nSPS) is 10.3. The zero-order chi connectivity index (χ0) is 10.7. The van der Waals surface area contributed by atoms with E-state index in [1.54, 1.807) is 0 Å². The van der Waals surface area contributed by atoms with Crippen LogP contribution in [-0.2, 0) is 0 Å². The first kappa shape index (κ1) is 10.4. The molecule has 76 valence electrons. The zero-order valence-corrected chi connectivity index (χ0v) is 7.33. The number of carbonyl (C=O) groups is 1. The van der Waals surface area contributed by atoms with Crippen molar-refractivity contribution in [2.75, 3.05) is 0 Å². The van der Waals surface area contributed by atoms with Gasteiger partial charge in [-0.2, -0.15) is 8.78 Å². The van der Waals surface area contributed by atoms with E-state index >= 15 is 0 Å². The van der Waals surface area contributed by atoms with Gasteiger partial charge in [0.25, 0.3) is 0 Å². The molecule has 0 atom stereocenters. The van der Waals surface area contributed by atoms with Crippen LogP contribution in [0.2, 0.25) is 0 Å². The highest BCUT2D eigenvalue weighted by atomic mass is 19.3. The van der Waals surface area contributed by atoms with Crippen LogP contribution in [0.1, 0.15) is 17.3 Å². The minimum atomic E-state index is -3.02. The van der Waals surface area contributed by atoms with Crippen LogP contribution in [0.5, 0.6) is 11.5 Å². The fourth-order valence-corrected chi connectivity index (χ4v) is 0.923. The first-order chi connectivity index (χ1) is 6.50. The van der Waals surface area contributed by atoms with Gasteiger partial charge in [0.15, 0.2) is 17.3 Å². The number of rotatable bonds is 3. The summed E-state index contributed by atoms with van der Waals surface area (Å²) in [5, 5.41) is 9.10. The first-order valence-electron chi connectivity index (χ1n) is 3.79. The van der Waals surface area contributed by atoms with E-state index in [-0.39, 0.29) is 11.3 Å². The molecule has 0 amide bonds. The number of hydrogen-bond donors (Lipinski definition) is 1. The molecule has 0 aliphatic carbocycles. The number of Topliss-reactive ketones (excluding diaryl/α,β-unsaturated/α-hetero) is 1. The average Bonchev–Trinajstić information content (AvgIpc) is 2.07. The maximum Gasteiger partial charge on any atom is 0.387 e. The molecular formula is C9H8F2O3. The predicted molar refractivity (Wildman–Crippen MR) is 44.7 cm³/mol. The fraction of sp³-hybridized carbons (Fsp3) is 0.222. The Bertz CT molecular complexity index is 350. The van der Waals surface area contributed by atoms with Gasteiger partial charge in [0.2, 0.25) is 0 Å². The van der Waals surface area contributed by atoms with Crippen molar-refractivity contribution in [3.05, 3.63) is 23.8 Å². The van der Waals surface area contributed by atoms with Crippen LogP contribution < -0.4 is 4.74 Å². The third-order valence-electron chi connectivity index (χ3n) is 1.58. The molecule has 0 bridgehead atoms. The number of aromatic hydroxyl groups is 1. The Labute approximate surface area is 78.9 Å². The summed E-state index contributed by atoms with van der Waals surface area (Å²) in [6.07, 6.45) is 0. The van der Waals surface area contributed by atoms with Crippen molar-refractivity contribution >= 4 is 5.78 Å². The second-order valence-corrected chi connectivity index (χ2v) is 2.62. The zero-order valence-electron chi connectivity index (χ0n) is 7.33. The number of phenols is 1. The Balaban J connectivity index is 3.02. The maximum absolute atomic E-state index is 11.8. The highest BCUT2D eigenvalue weighted by Gasteiger charge is 2.11. The summed E-state index contributed by atoms with van der Waals surface area (Å²) < 4.78 is 27.6. The van der Waals surface area contributed by atoms with Gasteiger partial charge in [-0.25, -0.2) is 0 Å². The molecule has 0 heterocycles. The van der Waals surface area contributed by atoms with Crippen molar-refractivity contribution in [3.63, 3.8) is 0 Å². The molecule has 0 unspecified atom stereocenters. The summed E-state index contributed by atoms with van der Waals surface area (Å²) in [5.41, 5.74) is 0.207. The van der Waals surface area contributed by atoms with Crippen LogP contribution >= 0.6 is 0 Å². The van der Waals surface area contributed by atoms with Crippen LogP contribution in [0.25, 0.3) is 0 Å². The van der Waals surface area contributed by atoms with Gasteiger partial charge < -0.3 is 9.84 Å². The van der Waals surface area contributed by atoms with E-state index < -0.39 is 18.1 Å². The monoisotopic (exact) mass is 202 g/mol. The molecule has 1 rings (SSSR count). The highest BCUT2D eigenvalue weighted by Crippen LogP contribution is 2.28. The molecule has 0 radical (unpaired) electrons. The van der Waals surface area contributed by atoms with E-state index in [9.17, 15) is 13.6 Å². The molecule has 0 saturated heterocycles. The molecule has 0 aromatic heterocycles. The van der Waals surface area contributed by atoms with Crippen molar-refractivity contribution in [1.29, 1.82) is 0 Å². The molecule has 1 aromatic rings. The van der Waals surface area contributed by atoms with Crippen molar-refractivity contribution in [1.82, 2.24) is 0 Å². The second kappa shape index (κ2) is 4.04. The molecule has 0 saturated carbocycles. The second-order valence-electron chi connectivity index (χ2n) is 2.62. The smallest absolute Gasteiger partial charge is 0.387 e. The number of hydrogen-bond acceptors (Lipinski definition) is 3. The molecule has 14 heavy (non-hydrogen) atoms. The molecule has 0 aliphatic rings. The Morgan fingerprint density at radius 2 is 2.14 bits per heavy atom. The molecule has 0 aliphatic heterocycles. The molecule has 1 N–H and O–H groups in total. The number of ketones is 1. The highest BCUT2D eigenvalue weighted by molar-refractivity contribution is 5.94. The van der Waals surface area contributed by atoms with E-state index in [0.29, 0.717) is 0 Å². The largest absolute Gasteiger partial charge is 0.504 e. The van der Waals surface area contributed by atoms with E-state index in [1.807, 2.05) is 0 Å². The Kier molecular flexibility index (Phi) is 3.01. The molecular weight excluding hydrogens is 194 g/mol. The number of ether oxygens (including phenoxy) is 1. The summed E-state index contributed by atoms with van der Waals surface area (Å²) in [6, 6.07) is 3.54. The lowest BCUT2D eigenvalue weighted by atomic mass is 10.1. The molecule has 0 spiro atoms. The third kappa shape index (κ3) is 2.42. The summed E-state index contributed by atoms with van der Waals surface area (Å²) in [5.74, 6) is -1.10. The van der Waals surface area contributed by atoms with E-state index in [1.165, 1.54) is 13.0 Å². The quantitative estimate of drug-likeness (QED) is 0.764. The fourth-order valence-electron chi connectivity index (χ4n) is 0.923. The van der Waals surface area contributed by atoms with Crippen LogP contribution in [0, 0.1) is 0 Å². The lowest BCUT2D eigenvalue weighted by Gasteiger charge is -2.07. The number of alkyl halides is 2. The first-order valence-corrected chi connectivity index (χ1v) is 3.79. The standard InChI is InChI=1S/C9H8F2O3/c1-5(12)6-2-3-7(13)8(4-6)14-9(10)11/h2-4,9,13H,1H3. The average molecular weight is 202 g/mol. The Morgan fingerprint density at radius 1 is 1.50 bits per heavy atom. The van der Waals surface area contributed by atoms with Gasteiger partial charge in [-0.3, -0.25) is 4.79 Å². The SMILES string of the molecule is CC(=O)c1ccc(O)c(OC(F)F)c1. The number of carbonyl (C=O) groups excluding carboxylic acids is 1. The van der Waals surface area contributed by atoms with Crippen LogP contribution in [0.15, 0.2) is 18.2 Å². The van der Waals surface area contributed by atoms with Gasteiger partial charge >= 0.3 is 6.61 Å². The van der Waals surface area contributed by atoms with Crippen LogP contribution in [0.3, 0.4) is 0 Å². The molecule has 0 fully saturated rings. The van der Waals surface area contributed by atoms with Crippen LogP contribution in [-0.4, -0.2) is 17.5 Å². The molecule has 5 heteroatoms. The van der Waals surface area contributed by atoms with Crippen molar-refractivity contribution in [2.24, 2.45) is 0 Å². The van der Waals surface area contributed by atoms with Gasteiger partial charge in [0, 0.05) is 5.56 Å². The minimum absolute atomic E-state index is 0.207. The maximum atomic E-state index is 11.8. The van der Waals surface area contributed by atoms with Gasteiger partial charge in [-0.05, 0) is 25.1 Å². The summed E-state index contributed by atoms with van der Waals surface area (Å²) in [4.78, 5) is 10.9. The number of benzene rings is 1. The predicted octanol–water partition coefficient (Wildman–Crippen LogP) is 2.20. The lowest BCUT2D eigenvalue weighted by molar-refractivity contribution is -0.0512. The topological polar surface area (TPSA) is 46.5 Å². The molecule has 1 aromatic carbocycles. The third-order valence-corrected chi connectivity index (χ3v) is 1.58. The van der Waals surface area contributed by atoms with Crippen molar-refractivity contribution in [3.8, 4) is 11.5 Å². The number of phenolic OH excluding ortho intramolecular Hbond substituents is 1. The van der Waals surface area contributed by atoms with E-state index in [2.05, 4.69) is 4.74 Å². The van der Waals surface area contributed by atoms with Gasteiger partial charge in [0.05, 0.1) is 0 Å². The molecule has 3 nitrogen and oxygen atoms in total. The van der Waals surface area contributed by atoms with Gasteiger partial charge in [-0.15, -0.1) is 0 Å². The van der Waals surface area contributed by atoms with E-state index in [0.717, 1.165) is 12.1 Å². The Hall–Kier alpha value is -1.65. The lowest BCUT2D eigenvalue weighted by Crippen LogP contribution is -2.03. The summed E-state index contributed by atoms with van der Waals surface area (Å²) in [6.45, 7) is -1.73. The Morgan fingerprint density at radius 3 is 2.64 bits per heavy atom. The number of halogens is 2. The van der Waals surface area contributed by atoms with Gasteiger partial charge in [-0.1, -0.05) is 0 Å². The van der Waals surface area contributed by atoms with Gasteiger partial charge in [0.1, 0.15) is 0 Å². The van der Waals surface area contributed by atoms with Crippen molar-refractivity contribution < 1.29 is 23.4 Å². The summed E-state index contributed by atoms with van der Waals surface area (Å²) >= 11 is 0. The summed E-state index contributed by atoms with van der Waals surface area (Å²) in [7, 11) is 0. The minimum Gasteiger partial charge on any atom is -0.504 e. The van der Waals surface area contributed by atoms with Crippen LogP contribution in [0.4, 0.5) is 8.78 Å².